The van der Waals surface area contributed by atoms with Crippen LogP contribution in [0.25, 0.3) is 0 Å². The standard InChI is InChI=1S/C13H25F2NO3/c1-8(2)9(17)13(14,15)12(6,7)16-10(18)19-11(3,4)5/h8-9,17H,1-7H3,(H,16,18). The van der Waals surface area contributed by atoms with Crippen molar-refractivity contribution < 1.29 is 23.4 Å². The molecule has 0 rings (SSSR count). The minimum absolute atomic E-state index is 0.630. The predicted molar refractivity (Wildman–Crippen MR) is 69.2 cm³/mol. The van der Waals surface area contributed by atoms with E-state index in [2.05, 4.69) is 5.32 Å². The molecule has 0 saturated heterocycles. The van der Waals surface area contributed by atoms with Gasteiger partial charge in [0.1, 0.15) is 17.2 Å². The molecule has 0 aliphatic heterocycles. The number of ether oxygens (including phenoxy) is 1. The highest BCUT2D eigenvalue weighted by molar-refractivity contribution is 5.68. The summed E-state index contributed by atoms with van der Waals surface area (Å²) in [6.45, 7) is 10.2. The van der Waals surface area contributed by atoms with Crippen molar-refractivity contribution in [1.29, 1.82) is 0 Å². The van der Waals surface area contributed by atoms with Crippen LogP contribution >= 0.6 is 0 Å². The molecule has 6 heteroatoms. The molecule has 0 aliphatic rings. The lowest BCUT2D eigenvalue weighted by atomic mass is 9.87. The second kappa shape index (κ2) is 5.61. The molecule has 0 saturated carbocycles. The molecule has 0 heterocycles. The highest BCUT2D eigenvalue weighted by Gasteiger charge is 2.54. The van der Waals surface area contributed by atoms with Gasteiger partial charge < -0.3 is 15.2 Å². The van der Waals surface area contributed by atoms with Gasteiger partial charge in [-0.1, -0.05) is 13.8 Å². The molecule has 0 aromatic heterocycles. The topological polar surface area (TPSA) is 58.6 Å². The van der Waals surface area contributed by atoms with E-state index in [0.29, 0.717) is 0 Å². The zero-order chi connectivity index (χ0) is 15.6. The lowest BCUT2D eigenvalue weighted by molar-refractivity contribution is -0.171. The van der Waals surface area contributed by atoms with E-state index in [9.17, 15) is 18.7 Å². The van der Waals surface area contributed by atoms with Crippen LogP contribution in [-0.2, 0) is 4.74 Å². The molecule has 0 fully saturated rings. The molecule has 114 valence electrons. The molecule has 1 amide bonds. The van der Waals surface area contributed by atoms with Crippen molar-refractivity contribution >= 4 is 6.09 Å². The number of amides is 1. The Kier molecular flexibility index (Phi) is 5.34. The number of carbonyl (C=O) groups is 1. The second-order valence-corrected chi connectivity index (χ2v) is 6.56. The van der Waals surface area contributed by atoms with Crippen LogP contribution in [0.4, 0.5) is 13.6 Å². The summed E-state index contributed by atoms with van der Waals surface area (Å²) >= 11 is 0. The number of alkyl halides is 2. The number of rotatable bonds is 4. The molecule has 19 heavy (non-hydrogen) atoms. The van der Waals surface area contributed by atoms with Crippen molar-refractivity contribution in [2.24, 2.45) is 5.92 Å². The van der Waals surface area contributed by atoms with E-state index in [4.69, 9.17) is 4.74 Å². The van der Waals surface area contributed by atoms with Crippen LogP contribution in [0.5, 0.6) is 0 Å². The normalized spacial score (nSPS) is 15.3. The summed E-state index contributed by atoms with van der Waals surface area (Å²) in [5, 5.41) is 11.7. The molecular formula is C13H25F2NO3. The Balaban J connectivity index is 4.92. The third-order valence-corrected chi connectivity index (χ3v) is 2.65. The Morgan fingerprint density at radius 1 is 1.16 bits per heavy atom. The number of hydrogen-bond acceptors (Lipinski definition) is 3. The zero-order valence-corrected chi connectivity index (χ0v) is 12.7. The van der Waals surface area contributed by atoms with Crippen molar-refractivity contribution in [2.45, 2.75) is 71.6 Å². The SMILES string of the molecule is CC(C)C(O)C(F)(F)C(C)(C)NC(=O)OC(C)(C)C. The van der Waals surface area contributed by atoms with E-state index >= 15 is 0 Å². The van der Waals surface area contributed by atoms with Gasteiger partial charge in [-0.3, -0.25) is 0 Å². The highest BCUT2D eigenvalue weighted by atomic mass is 19.3. The predicted octanol–water partition coefficient (Wildman–Crippen LogP) is 2.94. The summed E-state index contributed by atoms with van der Waals surface area (Å²) in [6.07, 6.45) is -2.79. The van der Waals surface area contributed by atoms with E-state index in [1.807, 2.05) is 0 Å². The first kappa shape index (κ1) is 18.1. The summed E-state index contributed by atoms with van der Waals surface area (Å²) in [7, 11) is 0. The molecule has 4 nitrogen and oxygen atoms in total. The largest absolute Gasteiger partial charge is 0.444 e. The van der Waals surface area contributed by atoms with Crippen LogP contribution in [0.2, 0.25) is 0 Å². The van der Waals surface area contributed by atoms with Gasteiger partial charge in [-0.05, 0) is 40.5 Å². The van der Waals surface area contributed by atoms with E-state index in [-0.39, 0.29) is 0 Å². The Morgan fingerprint density at radius 3 is 1.89 bits per heavy atom. The fraction of sp³-hybridized carbons (Fsp3) is 0.923. The Hall–Kier alpha value is -0.910. The molecule has 0 spiro atoms. The van der Waals surface area contributed by atoms with Gasteiger partial charge in [0.05, 0.1) is 0 Å². The Morgan fingerprint density at radius 2 is 1.58 bits per heavy atom. The summed E-state index contributed by atoms with van der Waals surface area (Å²) in [5.74, 6) is -4.10. The molecule has 1 atom stereocenters. The molecule has 0 radical (unpaired) electrons. The number of aliphatic hydroxyl groups is 1. The maximum atomic E-state index is 14.1. The van der Waals surface area contributed by atoms with Crippen LogP contribution in [0, 0.1) is 5.92 Å². The first-order chi connectivity index (χ1) is 8.21. The van der Waals surface area contributed by atoms with E-state index in [0.717, 1.165) is 13.8 Å². The minimum Gasteiger partial charge on any atom is -0.444 e. The van der Waals surface area contributed by atoms with Crippen LogP contribution in [0.1, 0.15) is 48.5 Å². The minimum atomic E-state index is -3.47. The summed E-state index contributed by atoms with van der Waals surface area (Å²) in [4.78, 5) is 11.6. The smallest absolute Gasteiger partial charge is 0.408 e. The molecule has 0 bridgehead atoms. The van der Waals surface area contributed by atoms with Crippen molar-refractivity contribution in [3.8, 4) is 0 Å². The highest BCUT2D eigenvalue weighted by Crippen LogP contribution is 2.35. The molecule has 0 aromatic rings. The average Bonchev–Trinajstić information content (AvgIpc) is 2.11. The molecular weight excluding hydrogens is 256 g/mol. The number of alkyl carbamates (subject to hydrolysis) is 1. The van der Waals surface area contributed by atoms with E-state index in [1.165, 1.54) is 13.8 Å². The van der Waals surface area contributed by atoms with Crippen LogP contribution < -0.4 is 5.32 Å². The fourth-order valence-corrected chi connectivity index (χ4v) is 1.43. The van der Waals surface area contributed by atoms with Gasteiger partial charge >= 0.3 is 6.09 Å². The summed E-state index contributed by atoms with van der Waals surface area (Å²) < 4.78 is 33.2. The van der Waals surface area contributed by atoms with Gasteiger partial charge in [-0.2, -0.15) is 0 Å². The monoisotopic (exact) mass is 281 g/mol. The lowest BCUT2D eigenvalue weighted by Gasteiger charge is -2.39. The third-order valence-electron chi connectivity index (χ3n) is 2.65. The van der Waals surface area contributed by atoms with Crippen LogP contribution in [0.3, 0.4) is 0 Å². The second-order valence-electron chi connectivity index (χ2n) is 6.56. The van der Waals surface area contributed by atoms with Crippen LogP contribution in [-0.4, -0.2) is 34.4 Å². The Labute approximate surface area is 113 Å². The lowest BCUT2D eigenvalue weighted by Crippen LogP contribution is -2.62. The quantitative estimate of drug-likeness (QED) is 0.833. The maximum absolute atomic E-state index is 14.1. The molecule has 1 unspecified atom stereocenters. The van der Waals surface area contributed by atoms with Gasteiger partial charge in [0.2, 0.25) is 0 Å². The van der Waals surface area contributed by atoms with Gasteiger partial charge in [0.15, 0.2) is 0 Å². The van der Waals surface area contributed by atoms with Crippen molar-refractivity contribution in [1.82, 2.24) is 5.32 Å². The summed E-state index contributed by atoms with van der Waals surface area (Å²) in [6, 6.07) is 0. The number of hydrogen-bond donors (Lipinski definition) is 2. The van der Waals surface area contributed by atoms with E-state index < -0.39 is 35.2 Å². The summed E-state index contributed by atoms with van der Waals surface area (Å²) in [5.41, 5.74) is -2.69. The van der Waals surface area contributed by atoms with Gasteiger partial charge in [0.25, 0.3) is 5.92 Å². The number of aliphatic hydroxyl groups excluding tert-OH is 1. The number of carbonyl (C=O) groups excluding carboxylic acids is 1. The molecule has 0 aromatic carbocycles. The number of halogens is 2. The first-order valence-electron chi connectivity index (χ1n) is 6.28. The third kappa shape index (κ3) is 4.93. The van der Waals surface area contributed by atoms with Crippen molar-refractivity contribution in [3.05, 3.63) is 0 Å². The van der Waals surface area contributed by atoms with E-state index in [1.54, 1.807) is 20.8 Å². The average molecular weight is 281 g/mol. The van der Waals surface area contributed by atoms with Gasteiger partial charge in [0, 0.05) is 0 Å². The number of nitrogens with one attached hydrogen (secondary N) is 1. The van der Waals surface area contributed by atoms with Gasteiger partial charge in [-0.15, -0.1) is 0 Å². The fourth-order valence-electron chi connectivity index (χ4n) is 1.43. The van der Waals surface area contributed by atoms with Crippen molar-refractivity contribution in [2.75, 3.05) is 0 Å². The Bertz CT molecular complexity index is 322. The van der Waals surface area contributed by atoms with Gasteiger partial charge in [-0.25, -0.2) is 13.6 Å². The van der Waals surface area contributed by atoms with Crippen molar-refractivity contribution in [3.63, 3.8) is 0 Å². The molecule has 2 N–H and O–H groups in total. The molecule has 0 aliphatic carbocycles. The van der Waals surface area contributed by atoms with Crippen LogP contribution in [0.15, 0.2) is 0 Å². The first-order valence-corrected chi connectivity index (χ1v) is 6.28. The zero-order valence-electron chi connectivity index (χ0n) is 12.7. The maximum Gasteiger partial charge on any atom is 0.408 e.